The lowest BCUT2D eigenvalue weighted by molar-refractivity contribution is 0.108. The number of rotatable bonds is 4. The van der Waals surface area contributed by atoms with Crippen molar-refractivity contribution in [3.05, 3.63) is 11.6 Å². The highest BCUT2D eigenvalue weighted by atomic mass is 35.5. The zero-order valence-corrected chi connectivity index (χ0v) is 10.8. The van der Waals surface area contributed by atoms with Gasteiger partial charge in [-0.15, -0.1) is 0 Å². The van der Waals surface area contributed by atoms with Gasteiger partial charge >= 0.3 is 0 Å². The fourth-order valence-electron chi connectivity index (χ4n) is 2.22. The maximum Gasteiger partial charge on any atom is 0.0250 e. The fraction of sp³-hybridized carbons (Fsp3) is 0.833. The Hall–Kier alpha value is -0.0500. The van der Waals surface area contributed by atoms with Crippen LogP contribution in [0.3, 0.4) is 0 Å². The number of hydrogen-bond donors (Lipinski definition) is 1. The van der Waals surface area contributed by atoms with Crippen molar-refractivity contribution < 1.29 is 0 Å². The summed E-state index contributed by atoms with van der Waals surface area (Å²) in [4.78, 5) is 2.54. The van der Waals surface area contributed by atoms with E-state index in [1.165, 1.54) is 6.42 Å². The summed E-state index contributed by atoms with van der Waals surface area (Å²) in [6.07, 6.45) is 3.27. The van der Waals surface area contributed by atoms with E-state index in [1.54, 1.807) is 5.54 Å². The van der Waals surface area contributed by atoms with Crippen LogP contribution < -0.4 is 5.32 Å². The first kappa shape index (κ1) is 13.0. The van der Waals surface area contributed by atoms with Crippen molar-refractivity contribution in [2.24, 2.45) is 5.92 Å². The molecular formula is C12H23ClN2. The van der Waals surface area contributed by atoms with Gasteiger partial charge in [-0.05, 0) is 12.8 Å². The molecule has 2 nitrogen and oxygen atoms in total. The van der Waals surface area contributed by atoms with Crippen LogP contribution in [0, 0.1) is 5.92 Å². The highest BCUT2D eigenvalue weighted by Gasteiger charge is 2.28. The van der Waals surface area contributed by atoms with Crippen LogP contribution in [0.2, 0.25) is 0 Å². The molecule has 1 rings (SSSR count). The summed E-state index contributed by atoms with van der Waals surface area (Å²) < 4.78 is 0. The summed E-state index contributed by atoms with van der Waals surface area (Å²) >= 11 is 5.60. The lowest BCUT2D eigenvalue weighted by Gasteiger charge is -2.41. The average Bonchev–Trinajstić information content (AvgIpc) is 2.25. The molecule has 0 spiro atoms. The molecule has 0 aromatic rings. The Labute approximate surface area is 98.7 Å². The monoisotopic (exact) mass is 230 g/mol. The summed E-state index contributed by atoms with van der Waals surface area (Å²) in [5.41, 5.74) is 1.63. The highest BCUT2D eigenvalue weighted by molar-refractivity contribution is 6.25. The van der Waals surface area contributed by atoms with Crippen molar-refractivity contribution in [2.45, 2.75) is 39.3 Å². The smallest absolute Gasteiger partial charge is 0.0250 e. The number of piperazine rings is 1. The Balaban J connectivity index is 2.57. The minimum atomic E-state index is 0.592. The molecule has 1 aliphatic heterocycles. The van der Waals surface area contributed by atoms with E-state index in [4.69, 9.17) is 11.6 Å². The molecule has 0 aliphatic carbocycles. The molecule has 0 radical (unpaired) electrons. The molecule has 0 saturated carbocycles. The zero-order chi connectivity index (χ0) is 11.3. The van der Waals surface area contributed by atoms with Crippen LogP contribution in [0.15, 0.2) is 11.6 Å². The van der Waals surface area contributed by atoms with Crippen molar-refractivity contribution in [2.75, 3.05) is 19.6 Å². The van der Waals surface area contributed by atoms with Gasteiger partial charge in [0.1, 0.15) is 0 Å². The van der Waals surface area contributed by atoms with Crippen LogP contribution in [-0.4, -0.2) is 36.6 Å². The van der Waals surface area contributed by atoms with Gasteiger partial charge in [-0.2, -0.15) is 0 Å². The first-order chi connectivity index (χ1) is 7.19. The normalized spacial score (nSPS) is 30.9. The number of hydrogen-bond acceptors (Lipinski definition) is 2. The van der Waals surface area contributed by atoms with Gasteiger partial charge in [0.15, 0.2) is 0 Å². The minimum absolute atomic E-state index is 0.592. The molecule has 1 saturated heterocycles. The first-order valence-electron chi connectivity index (χ1n) is 5.91. The second kappa shape index (κ2) is 6.51. The number of halogens is 1. The lowest BCUT2D eigenvalue weighted by atomic mass is 9.95. The van der Waals surface area contributed by atoms with Gasteiger partial charge in [0.2, 0.25) is 0 Å². The van der Waals surface area contributed by atoms with E-state index in [1.807, 2.05) is 6.08 Å². The summed E-state index contributed by atoms with van der Waals surface area (Å²) in [7, 11) is 0. The van der Waals surface area contributed by atoms with Crippen LogP contribution in [0.5, 0.6) is 0 Å². The molecule has 1 fully saturated rings. The number of nitrogens with one attached hydrogen (secondary N) is 1. The van der Waals surface area contributed by atoms with Crippen LogP contribution in [0.25, 0.3) is 0 Å². The Kier molecular flexibility index (Phi) is 5.65. The van der Waals surface area contributed by atoms with Crippen LogP contribution >= 0.6 is 11.6 Å². The van der Waals surface area contributed by atoms with Crippen molar-refractivity contribution in [1.82, 2.24) is 10.2 Å². The number of nitrogens with zero attached hydrogens (tertiary/aromatic N) is 1. The van der Waals surface area contributed by atoms with Crippen molar-refractivity contribution >= 4 is 11.6 Å². The van der Waals surface area contributed by atoms with Crippen LogP contribution in [-0.2, 0) is 0 Å². The topological polar surface area (TPSA) is 15.3 Å². The van der Waals surface area contributed by atoms with Gasteiger partial charge in [0.25, 0.3) is 0 Å². The third-order valence-corrected chi connectivity index (χ3v) is 3.56. The van der Waals surface area contributed by atoms with Gasteiger partial charge < -0.3 is 5.32 Å². The molecule has 15 heavy (non-hydrogen) atoms. The molecular weight excluding hydrogens is 208 g/mol. The predicted octanol–water partition coefficient (Wildman–Crippen LogP) is 2.45. The van der Waals surface area contributed by atoms with E-state index in [9.17, 15) is 0 Å². The SMILES string of the molecule is CCC(C)C1CNC(C)CN1C/C=C/Cl. The third kappa shape index (κ3) is 3.78. The standard InChI is InChI=1S/C12H23ClN2/c1-4-10(2)12-8-14-11(3)9-15(12)7-5-6-13/h5-6,10-12,14H,4,7-9H2,1-3H3/b6-5+. The third-order valence-electron chi connectivity index (χ3n) is 3.38. The fourth-order valence-corrected chi connectivity index (χ4v) is 2.30. The summed E-state index contributed by atoms with van der Waals surface area (Å²) in [6, 6.07) is 1.24. The van der Waals surface area contributed by atoms with Crippen molar-refractivity contribution in [3.8, 4) is 0 Å². The molecule has 1 heterocycles. The van der Waals surface area contributed by atoms with Gasteiger partial charge in [-0.1, -0.05) is 37.9 Å². The predicted molar refractivity (Wildman–Crippen MR) is 67.3 cm³/mol. The first-order valence-corrected chi connectivity index (χ1v) is 6.35. The molecule has 88 valence electrons. The molecule has 3 heteroatoms. The molecule has 0 amide bonds. The van der Waals surface area contributed by atoms with E-state index < -0.39 is 0 Å². The molecule has 3 unspecified atom stereocenters. The van der Waals surface area contributed by atoms with Crippen LogP contribution in [0.1, 0.15) is 27.2 Å². The Morgan fingerprint density at radius 2 is 2.33 bits per heavy atom. The molecule has 1 aliphatic rings. The maximum absolute atomic E-state index is 5.60. The van der Waals surface area contributed by atoms with E-state index >= 15 is 0 Å². The van der Waals surface area contributed by atoms with Gasteiger partial charge in [0.05, 0.1) is 0 Å². The molecule has 3 atom stereocenters. The van der Waals surface area contributed by atoms with Crippen molar-refractivity contribution in [3.63, 3.8) is 0 Å². The van der Waals surface area contributed by atoms with E-state index in [-0.39, 0.29) is 0 Å². The Morgan fingerprint density at radius 3 is 2.93 bits per heavy atom. The molecule has 0 aromatic carbocycles. The van der Waals surface area contributed by atoms with E-state index in [2.05, 4.69) is 31.0 Å². The summed E-state index contributed by atoms with van der Waals surface area (Å²) in [5, 5.41) is 3.55. The molecule has 1 N–H and O–H groups in total. The van der Waals surface area contributed by atoms with Crippen molar-refractivity contribution in [1.29, 1.82) is 0 Å². The largest absolute Gasteiger partial charge is 0.311 e. The summed E-state index contributed by atoms with van der Waals surface area (Å²) in [5.74, 6) is 0.744. The quantitative estimate of drug-likeness (QED) is 0.798. The van der Waals surface area contributed by atoms with E-state index in [0.29, 0.717) is 12.1 Å². The van der Waals surface area contributed by atoms with Gasteiger partial charge in [0, 0.05) is 37.3 Å². The minimum Gasteiger partial charge on any atom is -0.311 e. The molecule has 0 aromatic heterocycles. The zero-order valence-electron chi connectivity index (χ0n) is 10.0. The average molecular weight is 231 g/mol. The van der Waals surface area contributed by atoms with Gasteiger partial charge in [-0.3, -0.25) is 4.90 Å². The maximum atomic E-state index is 5.60. The Bertz CT molecular complexity index is 206. The Morgan fingerprint density at radius 1 is 1.60 bits per heavy atom. The lowest BCUT2D eigenvalue weighted by Crippen LogP contribution is -2.57. The second-order valence-corrected chi connectivity index (χ2v) is 4.83. The summed E-state index contributed by atoms with van der Waals surface area (Å²) in [6.45, 7) is 10.0. The van der Waals surface area contributed by atoms with Crippen LogP contribution in [0.4, 0.5) is 0 Å². The van der Waals surface area contributed by atoms with E-state index in [0.717, 1.165) is 25.6 Å². The van der Waals surface area contributed by atoms with Gasteiger partial charge in [-0.25, -0.2) is 0 Å². The second-order valence-electron chi connectivity index (χ2n) is 4.58. The highest BCUT2D eigenvalue weighted by Crippen LogP contribution is 2.17. The molecule has 0 bridgehead atoms.